The SMILES string of the molecule is c1ccc(N(c2ccccc2)c2ccc3c(c2)C(c2ccccc2)(c2ccccc2)c2cccc(-n4c5ccccc5c5ccccc54)c2-3)cc1. The fraction of sp³-hybridized carbons (Fsp3) is 0.0204. The van der Waals surface area contributed by atoms with Gasteiger partial charge in [-0.25, -0.2) is 0 Å². The van der Waals surface area contributed by atoms with Crippen LogP contribution in [0.15, 0.2) is 206 Å². The number of hydrogen-bond donors (Lipinski definition) is 0. The van der Waals surface area contributed by atoms with E-state index in [1.54, 1.807) is 0 Å². The molecule has 240 valence electrons. The molecule has 51 heavy (non-hydrogen) atoms. The second kappa shape index (κ2) is 11.8. The van der Waals surface area contributed by atoms with Crippen LogP contribution in [0.2, 0.25) is 0 Å². The fourth-order valence-electron chi connectivity index (χ4n) is 8.62. The van der Waals surface area contributed by atoms with Gasteiger partial charge in [-0.05, 0) is 82.4 Å². The number of aromatic nitrogens is 1. The van der Waals surface area contributed by atoms with Crippen molar-refractivity contribution < 1.29 is 0 Å². The van der Waals surface area contributed by atoms with Gasteiger partial charge in [-0.15, -0.1) is 0 Å². The summed E-state index contributed by atoms with van der Waals surface area (Å²) in [5.41, 5.74) is 14.0. The van der Waals surface area contributed by atoms with Gasteiger partial charge in [0.2, 0.25) is 0 Å². The summed E-state index contributed by atoms with van der Waals surface area (Å²) in [7, 11) is 0. The number of hydrogen-bond acceptors (Lipinski definition) is 1. The summed E-state index contributed by atoms with van der Waals surface area (Å²) < 4.78 is 2.48. The molecule has 0 N–H and O–H groups in total. The highest BCUT2D eigenvalue weighted by molar-refractivity contribution is 6.10. The zero-order chi connectivity index (χ0) is 33.8. The van der Waals surface area contributed by atoms with Crippen molar-refractivity contribution in [3.05, 3.63) is 229 Å². The minimum absolute atomic E-state index is 0.559. The average molecular weight is 651 g/mol. The van der Waals surface area contributed by atoms with Crippen LogP contribution in [0, 0.1) is 0 Å². The predicted molar refractivity (Wildman–Crippen MR) is 213 cm³/mol. The molecular weight excluding hydrogens is 617 g/mol. The summed E-state index contributed by atoms with van der Waals surface area (Å²) in [6, 6.07) is 75.2. The Kier molecular flexibility index (Phi) is 6.75. The Balaban J connectivity index is 1.34. The lowest BCUT2D eigenvalue weighted by Gasteiger charge is -2.35. The summed E-state index contributed by atoms with van der Waals surface area (Å²) >= 11 is 0. The minimum Gasteiger partial charge on any atom is -0.310 e. The second-order valence-corrected chi connectivity index (χ2v) is 13.3. The molecule has 0 fully saturated rings. The maximum absolute atomic E-state index is 2.48. The van der Waals surface area contributed by atoms with Crippen molar-refractivity contribution >= 4 is 38.9 Å². The maximum atomic E-state index is 2.48. The molecule has 0 aliphatic heterocycles. The minimum atomic E-state index is -0.559. The average Bonchev–Trinajstić information content (AvgIpc) is 3.70. The van der Waals surface area contributed by atoms with Gasteiger partial charge in [0.05, 0.1) is 22.1 Å². The third kappa shape index (κ3) is 4.36. The van der Waals surface area contributed by atoms with Gasteiger partial charge in [0.15, 0.2) is 0 Å². The molecule has 0 spiro atoms. The molecule has 8 aromatic carbocycles. The van der Waals surface area contributed by atoms with Crippen molar-refractivity contribution in [1.82, 2.24) is 4.57 Å². The Morgan fingerprint density at radius 2 is 0.863 bits per heavy atom. The molecule has 0 bridgehead atoms. The summed E-state index contributed by atoms with van der Waals surface area (Å²) in [5, 5.41) is 2.52. The standard InChI is InChI=1S/C49H34N2/c1-5-18-35(19-6-1)49(36-20-7-2-8-21-36)43-28-17-31-47(51-45-29-15-13-26-40(45)41-27-14-16-30-46(41)51)48(43)42-33-32-39(34-44(42)49)50(37-22-9-3-10-23-37)38-24-11-4-12-25-38/h1-34H. The van der Waals surface area contributed by atoms with E-state index in [1.807, 2.05) is 0 Å². The Morgan fingerprint density at radius 1 is 0.373 bits per heavy atom. The first-order valence-electron chi connectivity index (χ1n) is 17.6. The van der Waals surface area contributed by atoms with Gasteiger partial charge >= 0.3 is 0 Å². The van der Waals surface area contributed by atoms with E-state index in [0.29, 0.717) is 0 Å². The van der Waals surface area contributed by atoms with E-state index in [0.717, 1.165) is 17.1 Å². The first kappa shape index (κ1) is 29.3. The normalized spacial score (nSPS) is 12.9. The smallest absolute Gasteiger partial charge is 0.0715 e. The highest BCUT2D eigenvalue weighted by Gasteiger charge is 2.47. The van der Waals surface area contributed by atoms with E-state index in [-0.39, 0.29) is 0 Å². The number of anilines is 3. The summed E-state index contributed by atoms with van der Waals surface area (Å²) in [6.45, 7) is 0. The third-order valence-electron chi connectivity index (χ3n) is 10.6. The molecule has 1 heterocycles. The monoisotopic (exact) mass is 650 g/mol. The Hall–Kier alpha value is -6.64. The number of benzene rings is 8. The lowest BCUT2D eigenvalue weighted by atomic mass is 9.67. The van der Waals surface area contributed by atoms with E-state index in [1.165, 1.54) is 60.9 Å². The molecule has 2 nitrogen and oxygen atoms in total. The van der Waals surface area contributed by atoms with E-state index in [4.69, 9.17) is 0 Å². The highest BCUT2D eigenvalue weighted by atomic mass is 15.1. The number of fused-ring (bicyclic) bond motifs is 6. The van der Waals surface area contributed by atoms with Gasteiger partial charge in [0.25, 0.3) is 0 Å². The molecule has 0 saturated carbocycles. The molecule has 0 amide bonds. The van der Waals surface area contributed by atoms with Crippen molar-refractivity contribution in [2.45, 2.75) is 5.41 Å². The Bertz CT molecular complexity index is 2540. The van der Waals surface area contributed by atoms with Crippen LogP contribution in [-0.4, -0.2) is 4.57 Å². The first-order valence-corrected chi connectivity index (χ1v) is 17.6. The van der Waals surface area contributed by atoms with Crippen LogP contribution in [0.1, 0.15) is 22.3 Å². The summed E-state index contributed by atoms with van der Waals surface area (Å²) in [4.78, 5) is 2.37. The Morgan fingerprint density at radius 3 is 1.41 bits per heavy atom. The van der Waals surface area contributed by atoms with Crippen LogP contribution >= 0.6 is 0 Å². The third-order valence-corrected chi connectivity index (χ3v) is 10.6. The highest BCUT2D eigenvalue weighted by Crippen LogP contribution is 2.59. The molecule has 0 saturated heterocycles. The molecular formula is C49H34N2. The van der Waals surface area contributed by atoms with Gasteiger partial charge < -0.3 is 9.47 Å². The second-order valence-electron chi connectivity index (χ2n) is 13.3. The molecule has 0 unspecified atom stereocenters. The number of para-hydroxylation sites is 4. The lowest BCUT2D eigenvalue weighted by molar-refractivity contribution is 0.768. The first-order chi connectivity index (χ1) is 25.3. The topological polar surface area (TPSA) is 8.17 Å². The van der Waals surface area contributed by atoms with Crippen LogP contribution in [0.4, 0.5) is 17.1 Å². The fourth-order valence-corrected chi connectivity index (χ4v) is 8.62. The van der Waals surface area contributed by atoms with Gasteiger partial charge in [0.1, 0.15) is 0 Å². The zero-order valence-electron chi connectivity index (χ0n) is 28.0. The number of rotatable bonds is 6. The van der Waals surface area contributed by atoms with Crippen LogP contribution in [0.25, 0.3) is 38.6 Å². The predicted octanol–water partition coefficient (Wildman–Crippen LogP) is 12.6. The van der Waals surface area contributed by atoms with Crippen molar-refractivity contribution in [1.29, 1.82) is 0 Å². The molecule has 0 atom stereocenters. The molecule has 1 aliphatic rings. The molecule has 10 rings (SSSR count). The molecule has 2 heteroatoms. The van der Waals surface area contributed by atoms with Gasteiger partial charge in [-0.3, -0.25) is 0 Å². The maximum Gasteiger partial charge on any atom is 0.0715 e. The van der Waals surface area contributed by atoms with E-state index in [9.17, 15) is 0 Å². The molecule has 9 aromatic rings. The van der Waals surface area contributed by atoms with Crippen molar-refractivity contribution in [2.75, 3.05) is 4.90 Å². The summed E-state index contributed by atoms with van der Waals surface area (Å²) in [5.74, 6) is 0. The molecule has 1 aromatic heterocycles. The van der Waals surface area contributed by atoms with E-state index < -0.39 is 5.41 Å². The van der Waals surface area contributed by atoms with Crippen LogP contribution in [0.3, 0.4) is 0 Å². The van der Waals surface area contributed by atoms with E-state index >= 15 is 0 Å². The lowest BCUT2D eigenvalue weighted by Crippen LogP contribution is -2.28. The quantitative estimate of drug-likeness (QED) is 0.174. The molecule has 0 radical (unpaired) electrons. The molecule has 1 aliphatic carbocycles. The van der Waals surface area contributed by atoms with E-state index in [2.05, 4.69) is 216 Å². The van der Waals surface area contributed by atoms with Crippen molar-refractivity contribution in [2.24, 2.45) is 0 Å². The zero-order valence-corrected chi connectivity index (χ0v) is 28.0. The van der Waals surface area contributed by atoms with Gasteiger partial charge in [0, 0.05) is 33.4 Å². The van der Waals surface area contributed by atoms with Crippen LogP contribution < -0.4 is 4.90 Å². The van der Waals surface area contributed by atoms with Crippen molar-refractivity contribution in [3.8, 4) is 16.8 Å². The van der Waals surface area contributed by atoms with Crippen molar-refractivity contribution in [3.63, 3.8) is 0 Å². The summed E-state index contributed by atoms with van der Waals surface area (Å²) in [6.07, 6.45) is 0. The van der Waals surface area contributed by atoms with Crippen LogP contribution in [-0.2, 0) is 5.41 Å². The van der Waals surface area contributed by atoms with Gasteiger partial charge in [-0.1, -0.05) is 152 Å². The van der Waals surface area contributed by atoms with Crippen LogP contribution in [0.5, 0.6) is 0 Å². The van der Waals surface area contributed by atoms with Gasteiger partial charge in [-0.2, -0.15) is 0 Å². The number of nitrogens with zero attached hydrogens (tertiary/aromatic N) is 2. The Labute approximate surface area is 298 Å². The largest absolute Gasteiger partial charge is 0.310 e.